The molecule has 30 heavy (non-hydrogen) atoms. The highest BCUT2D eigenvalue weighted by molar-refractivity contribution is 6.30. The second-order valence-corrected chi connectivity index (χ2v) is 8.85. The first-order valence-electron chi connectivity index (χ1n) is 10.1. The van der Waals surface area contributed by atoms with Crippen molar-refractivity contribution >= 4 is 23.4 Å². The summed E-state index contributed by atoms with van der Waals surface area (Å²) < 4.78 is 5.65. The first kappa shape index (κ1) is 23.7. The lowest BCUT2D eigenvalue weighted by atomic mass is 10.1. The van der Waals surface area contributed by atoms with Gasteiger partial charge < -0.3 is 15.0 Å². The van der Waals surface area contributed by atoms with Gasteiger partial charge in [0.25, 0.3) is 5.91 Å². The fourth-order valence-corrected chi connectivity index (χ4v) is 3.15. The molecular weight excluding hydrogens is 400 g/mol. The lowest BCUT2D eigenvalue weighted by Gasteiger charge is -2.33. The van der Waals surface area contributed by atoms with Gasteiger partial charge in [0.15, 0.2) is 6.61 Å². The molecule has 2 amide bonds. The van der Waals surface area contributed by atoms with Gasteiger partial charge in [-0.2, -0.15) is 0 Å². The summed E-state index contributed by atoms with van der Waals surface area (Å²) >= 11 is 5.90. The van der Waals surface area contributed by atoms with Crippen molar-refractivity contribution in [1.29, 1.82) is 0 Å². The largest absolute Gasteiger partial charge is 0.484 e. The molecule has 0 aromatic heterocycles. The lowest BCUT2D eigenvalue weighted by molar-refractivity contribution is -0.143. The molecule has 0 aliphatic rings. The molecule has 2 aromatic rings. The number of nitrogens with one attached hydrogen (secondary N) is 1. The van der Waals surface area contributed by atoms with Gasteiger partial charge in [0.1, 0.15) is 11.8 Å². The van der Waals surface area contributed by atoms with E-state index in [4.69, 9.17) is 16.3 Å². The maximum absolute atomic E-state index is 13.1. The maximum Gasteiger partial charge on any atom is 0.261 e. The third-order valence-electron chi connectivity index (χ3n) is 4.53. The molecule has 0 unspecified atom stereocenters. The highest BCUT2D eigenvalue weighted by Gasteiger charge is 2.30. The molecule has 0 radical (unpaired) electrons. The second kappa shape index (κ2) is 10.5. The Labute approximate surface area is 184 Å². The number of hydrogen-bond acceptors (Lipinski definition) is 3. The molecule has 2 aromatic carbocycles. The minimum absolute atomic E-state index is 0.160. The van der Waals surface area contributed by atoms with Gasteiger partial charge in [-0.05, 0) is 63.9 Å². The van der Waals surface area contributed by atoms with Crippen LogP contribution in [-0.2, 0) is 16.1 Å². The van der Waals surface area contributed by atoms with Crippen molar-refractivity contribution in [3.8, 4) is 5.75 Å². The van der Waals surface area contributed by atoms with Gasteiger partial charge in [0.2, 0.25) is 5.91 Å². The number of carbonyl (C=O) groups excluding carboxylic acids is 2. The smallest absolute Gasteiger partial charge is 0.261 e. The monoisotopic (exact) mass is 430 g/mol. The van der Waals surface area contributed by atoms with Crippen LogP contribution in [0.2, 0.25) is 5.02 Å². The van der Waals surface area contributed by atoms with Gasteiger partial charge in [-0.15, -0.1) is 0 Å². The summed E-state index contributed by atoms with van der Waals surface area (Å²) in [5.41, 5.74) is 1.71. The molecule has 0 spiro atoms. The van der Waals surface area contributed by atoms with Crippen LogP contribution in [0.3, 0.4) is 0 Å². The quantitative estimate of drug-likeness (QED) is 0.657. The van der Waals surface area contributed by atoms with Crippen LogP contribution in [0.5, 0.6) is 5.75 Å². The number of hydrogen-bond donors (Lipinski definition) is 1. The lowest BCUT2D eigenvalue weighted by Crippen LogP contribution is -2.54. The summed E-state index contributed by atoms with van der Waals surface area (Å²) in [5.74, 6) is 0.133. The van der Waals surface area contributed by atoms with E-state index in [1.54, 1.807) is 29.2 Å². The molecule has 0 fully saturated rings. The van der Waals surface area contributed by atoms with E-state index in [2.05, 4.69) is 5.32 Å². The number of benzene rings is 2. The molecule has 0 saturated carbocycles. The van der Waals surface area contributed by atoms with Crippen LogP contribution >= 0.6 is 11.6 Å². The molecule has 0 heterocycles. The Morgan fingerprint density at radius 2 is 1.67 bits per heavy atom. The Hall–Kier alpha value is -2.53. The summed E-state index contributed by atoms with van der Waals surface area (Å²) in [6.07, 6.45) is 0.500. The van der Waals surface area contributed by atoms with Crippen molar-refractivity contribution in [3.63, 3.8) is 0 Å². The molecule has 0 saturated heterocycles. The Morgan fingerprint density at radius 3 is 2.20 bits per heavy atom. The summed E-state index contributed by atoms with van der Waals surface area (Å²) in [5, 5.41) is 3.59. The average Bonchev–Trinajstić information content (AvgIpc) is 2.67. The number of nitrogens with zero attached hydrogens (tertiary/aromatic N) is 1. The van der Waals surface area contributed by atoms with E-state index in [0.29, 0.717) is 23.7 Å². The maximum atomic E-state index is 13.1. The van der Waals surface area contributed by atoms with Gasteiger partial charge in [-0.25, -0.2) is 0 Å². The summed E-state index contributed by atoms with van der Waals surface area (Å²) in [6, 6.07) is 14.2. The van der Waals surface area contributed by atoms with Gasteiger partial charge in [-0.1, -0.05) is 48.4 Å². The summed E-state index contributed by atoms with van der Waals surface area (Å²) in [4.78, 5) is 27.7. The highest BCUT2D eigenvalue weighted by atomic mass is 35.5. The van der Waals surface area contributed by atoms with Crippen LogP contribution in [0.15, 0.2) is 48.5 Å². The van der Waals surface area contributed by atoms with Gasteiger partial charge in [-0.3, -0.25) is 9.59 Å². The van der Waals surface area contributed by atoms with E-state index in [1.807, 2.05) is 58.9 Å². The van der Waals surface area contributed by atoms with Gasteiger partial charge in [0, 0.05) is 17.1 Å². The molecule has 162 valence electrons. The molecule has 1 atom stereocenters. The van der Waals surface area contributed by atoms with Crippen molar-refractivity contribution < 1.29 is 14.3 Å². The van der Waals surface area contributed by atoms with Crippen LogP contribution in [0.25, 0.3) is 0 Å². The standard InChI is InChI=1S/C24H31ClN2O3/c1-6-21(23(29)26-24(3,4)5)27(15-18-9-7-17(2)8-10-18)22(28)16-30-20-13-11-19(25)12-14-20/h7-14,21H,6,15-16H2,1-5H3,(H,26,29)/t21-/m1/s1. The van der Waals surface area contributed by atoms with Crippen molar-refractivity contribution in [1.82, 2.24) is 10.2 Å². The normalized spacial score (nSPS) is 12.2. The van der Waals surface area contributed by atoms with E-state index in [-0.39, 0.29) is 24.0 Å². The molecular formula is C24H31ClN2O3. The molecule has 5 nitrogen and oxygen atoms in total. The predicted molar refractivity (Wildman–Crippen MR) is 121 cm³/mol. The van der Waals surface area contributed by atoms with Crippen molar-refractivity contribution in [2.75, 3.05) is 6.61 Å². The molecule has 0 bridgehead atoms. The number of halogens is 1. The van der Waals surface area contributed by atoms with Crippen molar-refractivity contribution in [2.45, 2.75) is 59.2 Å². The van der Waals surface area contributed by atoms with E-state index >= 15 is 0 Å². The number of aryl methyl sites for hydroxylation is 1. The topological polar surface area (TPSA) is 58.6 Å². The predicted octanol–water partition coefficient (Wildman–Crippen LogP) is 4.75. The molecule has 2 rings (SSSR count). The molecule has 0 aliphatic carbocycles. The Kier molecular flexibility index (Phi) is 8.30. The minimum atomic E-state index is -0.591. The zero-order valence-electron chi connectivity index (χ0n) is 18.4. The molecule has 6 heteroatoms. The Morgan fingerprint density at radius 1 is 1.07 bits per heavy atom. The van der Waals surface area contributed by atoms with Crippen LogP contribution in [0.4, 0.5) is 0 Å². The number of rotatable bonds is 8. The van der Waals surface area contributed by atoms with Crippen molar-refractivity contribution in [2.24, 2.45) is 0 Å². The number of ether oxygens (including phenoxy) is 1. The molecule has 1 N–H and O–H groups in total. The fraction of sp³-hybridized carbons (Fsp3) is 0.417. The summed E-state index contributed by atoms with van der Waals surface area (Å²) in [6.45, 7) is 9.86. The van der Waals surface area contributed by atoms with Crippen LogP contribution in [-0.4, -0.2) is 34.9 Å². The van der Waals surface area contributed by atoms with Crippen LogP contribution < -0.4 is 10.1 Å². The minimum Gasteiger partial charge on any atom is -0.484 e. The third-order valence-corrected chi connectivity index (χ3v) is 4.79. The van der Waals surface area contributed by atoms with E-state index in [0.717, 1.165) is 11.1 Å². The fourth-order valence-electron chi connectivity index (χ4n) is 3.02. The SMILES string of the molecule is CC[C@H](C(=O)NC(C)(C)C)N(Cc1ccc(C)cc1)C(=O)COc1ccc(Cl)cc1. The third kappa shape index (κ3) is 7.38. The highest BCUT2D eigenvalue weighted by Crippen LogP contribution is 2.18. The van der Waals surface area contributed by atoms with Crippen molar-refractivity contribution in [3.05, 3.63) is 64.7 Å². The Bertz CT molecular complexity index is 842. The summed E-state index contributed by atoms with van der Waals surface area (Å²) in [7, 11) is 0. The van der Waals surface area contributed by atoms with E-state index in [9.17, 15) is 9.59 Å². The number of carbonyl (C=O) groups is 2. The van der Waals surface area contributed by atoms with Crippen LogP contribution in [0.1, 0.15) is 45.2 Å². The second-order valence-electron chi connectivity index (χ2n) is 8.41. The van der Waals surface area contributed by atoms with E-state index in [1.165, 1.54) is 0 Å². The molecule has 0 aliphatic heterocycles. The first-order valence-corrected chi connectivity index (χ1v) is 10.5. The zero-order valence-corrected chi connectivity index (χ0v) is 19.1. The average molecular weight is 431 g/mol. The Balaban J connectivity index is 2.21. The van der Waals surface area contributed by atoms with E-state index < -0.39 is 6.04 Å². The van der Waals surface area contributed by atoms with Gasteiger partial charge >= 0.3 is 0 Å². The zero-order chi connectivity index (χ0) is 22.3. The number of amides is 2. The van der Waals surface area contributed by atoms with Crippen LogP contribution in [0, 0.1) is 6.92 Å². The first-order chi connectivity index (χ1) is 14.1. The van der Waals surface area contributed by atoms with Gasteiger partial charge in [0.05, 0.1) is 0 Å².